The highest BCUT2D eigenvalue weighted by molar-refractivity contribution is 6.28. The molecule has 0 spiro atoms. The predicted molar refractivity (Wildman–Crippen MR) is 127 cm³/mol. The second-order valence-corrected chi connectivity index (χ2v) is 6.84. The van der Waals surface area contributed by atoms with E-state index in [0.717, 1.165) is 18.2 Å². The van der Waals surface area contributed by atoms with Crippen LogP contribution in [0.5, 0.6) is 0 Å². The minimum atomic E-state index is -0.845. The van der Waals surface area contributed by atoms with Crippen LogP contribution in [0.2, 0.25) is 10.6 Å². The van der Waals surface area contributed by atoms with E-state index >= 15 is 0 Å². The van der Waals surface area contributed by atoms with Gasteiger partial charge in [-0.15, -0.1) is 0 Å². The van der Waals surface area contributed by atoms with Crippen molar-refractivity contribution >= 4 is 35.1 Å². The number of aromatic nitrogens is 4. The van der Waals surface area contributed by atoms with Gasteiger partial charge in [0, 0.05) is 39.1 Å². The second-order valence-electron chi connectivity index (χ2n) is 6.17. The molecule has 0 saturated carbocycles. The summed E-state index contributed by atoms with van der Waals surface area (Å²) in [6.07, 6.45) is 3.81. The molecule has 2 aromatic rings. The summed E-state index contributed by atoms with van der Waals surface area (Å²) in [4.78, 5) is 37.2. The monoisotopic (exact) mass is 537 g/mol. The molecular weight excluding hydrogens is 508 g/mol. The molecule has 0 fully saturated rings. The van der Waals surface area contributed by atoms with Gasteiger partial charge in [-0.1, -0.05) is 0 Å². The minimum absolute atomic E-state index is 0.0449. The van der Waals surface area contributed by atoms with Crippen LogP contribution in [-0.2, 0) is 25.4 Å². The van der Waals surface area contributed by atoms with E-state index in [2.05, 4.69) is 29.4 Å². The first-order valence-corrected chi connectivity index (χ1v) is 11.2. The van der Waals surface area contributed by atoms with Crippen LogP contribution < -0.4 is 5.73 Å². The van der Waals surface area contributed by atoms with E-state index in [1.165, 1.54) is 0 Å². The SMILES string of the molecule is CCOC(=O)c1nc(Cl)ncc1CCCOC.CCOC(=O)c1nc(Cl)ncc1F.COCCN. The third kappa shape index (κ3) is 13.8. The summed E-state index contributed by atoms with van der Waals surface area (Å²) in [6.45, 7) is 5.71. The standard InChI is InChI=1S/C11H15ClN2O3.C7H6ClFN2O2.C3H9NO/c1-3-17-10(15)9-8(5-4-6-16-2)7-13-11(12)14-9;1-2-13-6(12)5-4(9)3-10-7(8)11-5;1-5-3-2-4/h7H,3-6H2,1-2H3;3H,2H2,1H3;2-4H2,1H3. The van der Waals surface area contributed by atoms with E-state index in [9.17, 15) is 14.0 Å². The van der Waals surface area contributed by atoms with Gasteiger partial charge in [0.2, 0.25) is 10.6 Å². The van der Waals surface area contributed by atoms with Gasteiger partial charge >= 0.3 is 11.9 Å². The van der Waals surface area contributed by atoms with E-state index in [1.807, 2.05) is 0 Å². The summed E-state index contributed by atoms with van der Waals surface area (Å²) < 4.78 is 31.8. The maximum Gasteiger partial charge on any atom is 0.360 e. The van der Waals surface area contributed by atoms with Gasteiger partial charge in [0.1, 0.15) is 0 Å². The summed E-state index contributed by atoms with van der Waals surface area (Å²) in [5.74, 6) is -2.16. The van der Waals surface area contributed by atoms with Crippen molar-refractivity contribution in [3.05, 3.63) is 45.7 Å². The zero-order valence-electron chi connectivity index (χ0n) is 20.1. The molecule has 11 nitrogen and oxygen atoms in total. The average molecular weight is 538 g/mol. The summed E-state index contributed by atoms with van der Waals surface area (Å²) in [6, 6.07) is 0. The van der Waals surface area contributed by atoms with Gasteiger partial charge in [0.25, 0.3) is 0 Å². The zero-order chi connectivity index (χ0) is 26.6. The summed E-state index contributed by atoms with van der Waals surface area (Å²) in [5.41, 5.74) is 5.54. The topological polar surface area (TPSA) is 149 Å². The Morgan fingerprint density at radius 3 is 1.91 bits per heavy atom. The summed E-state index contributed by atoms with van der Waals surface area (Å²) in [5, 5.41) is -0.145. The smallest absolute Gasteiger partial charge is 0.360 e. The molecule has 2 rings (SSSR count). The Balaban J connectivity index is 0.000000567. The first kappa shape index (κ1) is 32.5. The van der Waals surface area contributed by atoms with E-state index in [0.29, 0.717) is 32.8 Å². The third-order valence-electron chi connectivity index (χ3n) is 3.60. The lowest BCUT2D eigenvalue weighted by Crippen LogP contribution is -2.12. The Morgan fingerprint density at radius 1 is 0.914 bits per heavy atom. The molecule has 2 N–H and O–H groups in total. The van der Waals surface area contributed by atoms with Gasteiger partial charge in [-0.05, 0) is 49.9 Å². The van der Waals surface area contributed by atoms with Gasteiger partial charge in [0.05, 0.1) is 26.0 Å². The number of esters is 2. The van der Waals surface area contributed by atoms with Crippen LogP contribution in [0.15, 0.2) is 12.4 Å². The van der Waals surface area contributed by atoms with Gasteiger partial charge in [-0.2, -0.15) is 0 Å². The number of hydrogen-bond acceptors (Lipinski definition) is 11. The number of aryl methyl sites for hydroxylation is 1. The lowest BCUT2D eigenvalue weighted by molar-refractivity contribution is 0.0505. The molecule has 14 heteroatoms. The molecule has 0 radical (unpaired) electrons. The Labute approximate surface area is 213 Å². The highest BCUT2D eigenvalue weighted by atomic mass is 35.5. The zero-order valence-corrected chi connectivity index (χ0v) is 21.6. The second kappa shape index (κ2) is 19.8. The molecule has 2 heterocycles. The number of nitrogens with zero attached hydrogens (tertiary/aromatic N) is 4. The van der Waals surface area contributed by atoms with E-state index in [-0.39, 0.29) is 22.9 Å². The van der Waals surface area contributed by atoms with Crippen molar-refractivity contribution in [3.8, 4) is 0 Å². The normalized spacial score (nSPS) is 9.83. The van der Waals surface area contributed by atoms with Crippen LogP contribution in [0, 0.1) is 5.82 Å². The van der Waals surface area contributed by atoms with E-state index in [1.54, 1.807) is 34.3 Å². The fourth-order valence-electron chi connectivity index (χ4n) is 2.16. The van der Waals surface area contributed by atoms with Crippen LogP contribution >= 0.6 is 23.2 Å². The first-order chi connectivity index (χ1) is 16.7. The van der Waals surface area contributed by atoms with Crippen LogP contribution in [-0.4, -0.2) is 79.1 Å². The molecule has 35 heavy (non-hydrogen) atoms. The van der Waals surface area contributed by atoms with Crippen molar-refractivity contribution in [1.82, 2.24) is 19.9 Å². The van der Waals surface area contributed by atoms with Gasteiger partial charge in [-0.3, -0.25) is 0 Å². The molecule has 0 aliphatic rings. The van der Waals surface area contributed by atoms with Crippen LogP contribution in [0.1, 0.15) is 46.8 Å². The molecule has 2 aromatic heterocycles. The maximum absolute atomic E-state index is 12.9. The number of rotatable bonds is 10. The fraction of sp³-hybridized carbons (Fsp3) is 0.524. The lowest BCUT2D eigenvalue weighted by Gasteiger charge is -2.07. The average Bonchev–Trinajstić information content (AvgIpc) is 2.83. The number of hydrogen-bond donors (Lipinski definition) is 1. The molecule has 0 aromatic carbocycles. The largest absolute Gasteiger partial charge is 0.461 e. The van der Waals surface area contributed by atoms with Gasteiger partial charge in [-0.25, -0.2) is 33.9 Å². The number of carbonyl (C=O) groups is 2. The lowest BCUT2D eigenvalue weighted by atomic mass is 10.1. The third-order valence-corrected chi connectivity index (χ3v) is 3.97. The van der Waals surface area contributed by atoms with Crippen molar-refractivity contribution in [2.24, 2.45) is 5.73 Å². The molecular formula is C21H30Cl2FN5O6. The number of methoxy groups -OCH3 is 2. The van der Waals surface area contributed by atoms with Crippen molar-refractivity contribution in [3.63, 3.8) is 0 Å². The first-order valence-electron chi connectivity index (χ1n) is 10.5. The number of carbonyl (C=O) groups excluding carboxylic acids is 2. The Morgan fingerprint density at radius 2 is 1.43 bits per heavy atom. The fourth-order valence-corrected chi connectivity index (χ4v) is 2.42. The summed E-state index contributed by atoms with van der Waals surface area (Å²) in [7, 11) is 3.26. The van der Waals surface area contributed by atoms with Gasteiger partial charge in [0.15, 0.2) is 17.2 Å². The van der Waals surface area contributed by atoms with Crippen molar-refractivity contribution in [1.29, 1.82) is 0 Å². The quantitative estimate of drug-likeness (QED) is 0.270. The Hall–Kier alpha value is -2.51. The minimum Gasteiger partial charge on any atom is -0.461 e. The molecule has 0 bridgehead atoms. The highest BCUT2D eigenvalue weighted by Crippen LogP contribution is 2.12. The van der Waals surface area contributed by atoms with E-state index in [4.69, 9.17) is 38.4 Å². The predicted octanol–water partition coefficient (Wildman–Crippen LogP) is 2.92. The molecule has 0 aliphatic heterocycles. The highest BCUT2D eigenvalue weighted by Gasteiger charge is 2.16. The van der Waals surface area contributed by atoms with Crippen molar-refractivity contribution in [2.45, 2.75) is 26.7 Å². The van der Waals surface area contributed by atoms with E-state index < -0.39 is 23.4 Å². The van der Waals surface area contributed by atoms with Crippen LogP contribution in [0.3, 0.4) is 0 Å². The Bertz CT molecular complexity index is 909. The van der Waals surface area contributed by atoms with Crippen LogP contribution in [0.25, 0.3) is 0 Å². The van der Waals surface area contributed by atoms with Gasteiger partial charge < -0.3 is 24.7 Å². The number of halogens is 3. The number of nitrogens with two attached hydrogens (primary N) is 1. The number of ether oxygens (including phenoxy) is 4. The summed E-state index contributed by atoms with van der Waals surface area (Å²) >= 11 is 11.0. The van der Waals surface area contributed by atoms with Crippen molar-refractivity contribution in [2.75, 3.05) is 47.2 Å². The molecule has 0 atom stereocenters. The van der Waals surface area contributed by atoms with Crippen LogP contribution in [0.4, 0.5) is 4.39 Å². The molecule has 0 unspecified atom stereocenters. The molecule has 0 amide bonds. The molecule has 196 valence electrons. The Kier molecular flexibility index (Phi) is 18.3. The molecule has 0 saturated heterocycles. The van der Waals surface area contributed by atoms with Crippen molar-refractivity contribution < 1.29 is 32.9 Å². The molecule has 0 aliphatic carbocycles. The maximum atomic E-state index is 12.9.